The van der Waals surface area contributed by atoms with Crippen molar-refractivity contribution in [1.29, 1.82) is 5.26 Å². The van der Waals surface area contributed by atoms with Gasteiger partial charge in [0.05, 0.1) is 12.2 Å². The van der Waals surface area contributed by atoms with E-state index in [1.54, 1.807) is 12.1 Å². The number of rotatable bonds is 9. The molecule has 2 aromatic rings. The first kappa shape index (κ1) is 24.0. The number of alkyl halides is 2. The third-order valence-corrected chi connectivity index (χ3v) is 6.23. The molecule has 2 nitrogen and oxygen atoms in total. The molecule has 0 heterocycles. The Balaban J connectivity index is 1.54. The molecule has 0 unspecified atom stereocenters. The number of ether oxygens (including phenoxy) is 1. The Labute approximate surface area is 186 Å². The van der Waals surface area contributed by atoms with Crippen LogP contribution in [0, 0.1) is 28.9 Å². The highest BCUT2D eigenvalue weighted by atomic mass is 19.3. The molecule has 1 aliphatic carbocycles. The molecule has 0 saturated heterocycles. The summed E-state index contributed by atoms with van der Waals surface area (Å²) in [4.78, 5) is 0. The van der Waals surface area contributed by atoms with Crippen LogP contribution in [0.15, 0.2) is 49.1 Å². The van der Waals surface area contributed by atoms with Crippen LogP contribution < -0.4 is 0 Å². The molecule has 32 heavy (non-hydrogen) atoms. The second kappa shape index (κ2) is 10.8. The van der Waals surface area contributed by atoms with Crippen LogP contribution in [0.1, 0.15) is 66.7 Å². The summed E-state index contributed by atoms with van der Waals surface area (Å²) in [6.07, 6.45) is 4.96. The highest BCUT2D eigenvalue weighted by molar-refractivity contribution is 5.35. The van der Waals surface area contributed by atoms with Crippen molar-refractivity contribution in [2.75, 3.05) is 6.61 Å². The van der Waals surface area contributed by atoms with Gasteiger partial charge in [0.25, 0.3) is 0 Å². The van der Waals surface area contributed by atoms with Crippen molar-refractivity contribution in [3.63, 3.8) is 0 Å². The van der Waals surface area contributed by atoms with Crippen LogP contribution in [0.25, 0.3) is 0 Å². The van der Waals surface area contributed by atoms with Gasteiger partial charge in [-0.25, -0.2) is 8.78 Å². The Kier molecular flexibility index (Phi) is 8.09. The molecule has 6 heteroatoms. The van der Waals surface area contributed by atoms with E-state index in [9.17, 15) is 17.6 Å². The van der Waals surface area contributed by atoms with Crippen molar-refractivity contribution in [3.8, 4) is 6.07 Å². The van der Waals surface area contributed by atoms with E-state index in [0.29, 0.717) is 5.92 Å². The molecule has 0 bridgehead atoms. The van der Waals surface area contributed by atoms with Crippen molar-refractivity contribution in [3.05, 3.63) is 82.9 Å². The van der Waals surface area contributed by atoms with E-state index in [2.05, 4.69) is 6.58 Å². The van der Waals surface area contributed by atoms with Gasteiger partial charge in [0.15, 0.2) is 0 Å². The van der Waals surface area contributed by atoms with Crippen LogP contribution in [0.3, 0.4) is 0 Å². The minimum absolute atomic E-state index is 0.109. The zero-order chi connectivity index (χ0) is 23.1. The molecule has 2 aromatic carbocycles. The van der Waals surface area contributed by atoms with Gasteiger partial charge in [0, 0.05) is 0 Å². The molecule has 1 saturated carbocycles. The fourth-order valence-electron chi connectivity index (χ4n) is 4.34. The third kappa shape index (κ3) is 5.98. The lowest BCUT2D eigenvalue weighted by Crippen LogP contribution is -2.20. The largest absolute Gasteiger partial charge is 0.383 e. The summed E-state index contributed by atoms with van der Waals surface area (Å²) in [5.41, 5.74) is 0.271. The molecular weight excluding hydrogens is 418 g/mol. The Bertz CT molecular complexity index is 934. The Hall–Kier alpha value is -2.65. The highest BCUT2D eigenvalue weighted by Crippen LogP contribution is 2.38. The first-order valence-corrected chi connectivity index (χ1v) is 10.9. The van der Waals surface area contributed by atoms with Gasteiger partial charge in [-0.1, -0.05) is 30.3 Å². The number of benzene rings is 2. The smallest absolute Gasteiger partial charge is 0.316 e. The lowest BCUT2D eigenvalue weighted by molar-refractivity contribution is -0.248. The molecule has 3 rings (SSSR count). The van der Waals surface area contributed by atoms with Crippen LogP contribution in [-0.2, 0) is 17.3 Å². The van der Waals surface area contributed by atoms with Crippen molar-refractivity contribution in [1.82, 2.24) is 0 Å². The number of hydrogen-bond acceptors (Lipinski definition) is 2. The highest BCUT2D eigenvalue weighted by Gasteiger charge is 2.33. The normalized spacial score (nSPS) is 18.8. The number of halogens is 4. The second-order valence-corrected chi connectivity index (χ2v) is 8.37. The zero-order valence-corrected chi connectivity index (χ0v) is 17.9. The average Bonchev–Trinajstić information content (AvgIpc) is 2.78. The van der Waals surface area contributed by atoms with Gasteiger partial charge in [-0.05, 0) is 80.0 Å². The number of allylic oxidation sites excluding steroid dienone is 1. The maximum atomic E-state index is 14.5. The van der Waals surface area contributed by atoms with Crippen molar-refractivity contribution in [2.24, 2.45) is 5.92 Å². The van der Waals surface area contributed by atoms with Crippen molar-refractivity contribution < 1.29 is 22.3 Å². The Morgan fingerprint density at radius 1 is 1.06 bits per heavy atom. The Morgan fingerprint density at radius 3 is 2.25 bits per heavy atom. The maximum Gasteiger partial charge on any atom is 0.383 e. The predicted molar refractivity (Wildman–Crippen MR) is 115 cm³/mol. The van der Waals surface area contributed by atoms with E-state index in [0.717, 1.165) is 55.7 Å². The molecule has 1 aliphatic rings. The lowest BCUT2D eigenvalue weighted by Gasteiger charge is -2.29. The maximum absolute atomic E-state index is 14.5. The summed E-state index contributed by atoms with van der Waals surface area (Å²) in [7, 11) is 0. The van der Waals surface area contributed by atoms with E-state index in [4.69, 9.17) is 10.00 Å². The number of nitrogens with zero attached hydrogens (tertiary/aromatic N) is 1. The second-order valence-electron chi connectivity index (χ2n) is 8.37. The summed E-state index contributed by atoms with van der Waals surface area (Å²) in [6.45, 7) is 3.35. The number of hydrogen-bond donors (Lipinski definition) is 0. The van der Waals surface area contributed by atoms with E-state index in [1.165, 1.54) is 24.6 Å². The van der Waals surface area contributed by atoms with Gasteiger partial charge in [-0.3, -0.25) is 0 Å². The van der Waals surface area contributed by atoms with Gasteiger partial charge >= 0.3 is 6.11 Å². The standard InChI is InChI=1S/C26H27F4NO/c1-2-3-4-18-5-7-20(8-6-18)21-9-11-22(12-10-21)26(29,30)32-14-13-19-15-24(27)23(17-31)25(28)16-19/h2,9-12,15-16,18,20H,1,3-8,13-14H2. The molecule has 0 N–H and O–H groups in total. The molecule has 1 fully saturated rings. The van der Waals surface area contributed by atoms with Crippen LogP contribution in [-0.4, -0.2) is 6.61 Å². The van der Waals surface area contributed by atoms with E-state index in [1.807, 2.05) is 6.08 Å². The van der Waals surface area contributed by atoms with Crippen LogP contribution >= 0.6 is 0 Å². The van der Waals surface area contributed by atoms with Crippen LogP contribution in [0.5, 0.6) is 0 Å². The van der Waals surface area contributed by atoms with Gasteiger partial charge in [0.1, 0.15) is 23.3 Å². The first-order chi connectivity index (χ1) is 15.3. The monoisotopic (exact) mass is 445 g/mol. The van der Waals surface area contributed by atoms with Gasteiger partial charge in [0.2, 0.25) is 0 Å². The molecule has 0 aromatic heterocycles. The topological polar surface area (TPSA) is 33.0 Å². The summed E-state index contributed by atoms with van der Waals surface area (Å²) in [5, 5.41) is 8.69. The van der Waals surface area contributed by atoms with Gasteiger partial charge < -0.3 is 4.74 Å². The fraction of sp³-hybridized carbons (Fsp3) is 0.423. The number of nitriles is 1. The zero-order valence-electron chi connectivity index (χ0n) is 17.9. The quantitative estimate of drug-likeness (QED) is 0.298. The van der Waals surface area contributed by atoms with E-state index >= 15 is 0 Å². The molecule has 170 valence electrons. The minimum Gasteiger partial charge on any atom is -0.316 e. The lowest BCUT2D eigenvalue weighted by atomic mass is 9.77. The van der Waals surface area contributed by atoms with E-state index in [-0.39, 0.29) is 17.5 Å². The van der Waals surface area contributed by atoms with Gasteiger partial charge in [-0.15, -0.1) is 6.58 Å². The minimum atomic E-state index is -3.51. The molecule has 0 spiro atoms. The van der Waals surface area contributed by atoms with Crippen molar-refractivity contribution >= 4 is 0 Å². The first-order valence-electron chi connectivity index (χ1n) is 10.9. The average molecular weight is 446 g/mol. The molecular formula is C26H27F4NO. The molecule has 0 amide bonds. The molecule has 0 radical (unpaired) electrons. The fourth-order valence-corrected chi connectivity index (χ4v) is 4.34. The third-order valence-electron chi connectivity index (χ3n) is 6.23. The van der Waals surface area contributed by atoms with Gasteiger partial charge in [-0.2, -0.15) is 14.0 Å². The van der Waals surface area contributed by atoms with Crippen LogP contribution in [0.4, 0.5) is 17.6 Å². The Morgan fingerprint density at radius 2 is 1.69 bits per heavy atom. The van der Waals surface area contributed by atoms with Crippen LogP contribution in [0.2, 0.25) is 0 Å². The predicted octanol–water partition coefficient (Wildman–Crippen LogP) is 7.39. The molecule has 0 atom stereocenters. The summed E-state index contributed by atoms with van der Waals surface area (Å²) in [5.74, 6) is -0.918. The SMILES string of the molecule is C=CCCC1CCC(c2ccc(C(F)(F)OCCc3cc(F)c(C#N)c(F)c3)cc2)CC1. The summed E-state index contributed by atoms with van der Waals surface area (Å²) in [6, 6.07) is 9.61. The van der Waals surface area contributed by atoms with Crippen molar-refractivity contribution in [2.45, 2.75) is 57.0 Å². The van der Waals surface area contributed by atoms with E-state index < -0.39 is 29.9 Å². The summed E-state index contributed by atoms with van der Waals surface area (Å²) < 4.78 is 61.0. The summed E-state index contributed by atoms with van der Waals surface area (Å²) >= 11 is 0. The molecule has 0 aliphatic heterocycles.